The summed E-state index contributed by atoms with van der Waals surface area (Å²) >= 11 is 0. The summed E-state index contributed by atoms with van der Waals surface area (Å²) in [5.41, 5.74) is -0.665. The van der Waals surface area contributed by atoms with Crippen LogP contribution in [0.15, 0.2) is 0 Å². The maximum atomic E-state index is 14.4. The number of benzene rings is 1. The standard InChI is InChI=1S/C18H27F5N.Al.3H/c1-4-7-10-24(11-8-5-2,12-9-6-3)18-16(22)14(20)13(19)15(21)17(18)23;;;;/h4-12H2,1-3H3;;;;/q+1;;;;. The highest BCUT2D eigenvalue weighted by atomic mass is 27.0. The Kier molecular flexibility index (Phi) is 10.9. The quantitative estimate of drug-likeness (QED) is 0.177. The number of rotatable bonds is 10. The first-order valence-corrected chi connectivity index (χ1v) is 8.74. The number of quaternary nitrogens is 1. The van der Waals surface area contributed by atoms with E-state index >= 15 is 0 Å². The van der Waals surface area contributed by atoms with Crippen LogP contribution < -0.4 is 4.48 Å². The van der Waals surface area contributed by atoms with Crippen LogP contribution in [0.1, 0.15) is 59.3 Å². The molecular formula is C18H30AlF5N+. The molecule has 0 radical (unpaired) electrons. The minimum Gasteiger partial charge on any atom is -0.286 e. The fraction of sp³-hybridized carbons (Fsp3) is 0.667. The number of hydrogen-bond acceptors (Lipinski definition) is 0. The van der Waals surface area contributed by atoms with Gasteiger partial charge >= 0.3 is 0 Å². The maximum Gasteiger partial charge on any atom is 0.225 e. The molecule has 0 aromatic heterocycles. The Morgan fingerprint density at radius 1 is 0.560 bits per heavy atom. The smallest absolute Gasteiger partial charge is 0.225 e. The van der Waals surface area contributed by atoms with Crippen LogP contribution >= 0.6 is 0 Å². The van der Waals surface area contributed by atoms with Gasteiger partial charge in [-0.1, -0.05) is 40.0 Å². The van der Waals surface area contributed by atoms with Crippen molar-refractivity contribution in [3.63, 3.8) is 0 Å². The largest absolute Gasteiger partial charge is 0.286 e. The summed E-state index contributed by atoms with van der Waals surface area (Å²) in [5.74, 6) is -9.16. The third-order valence-corrected chi connectivity index (χ3v) is 4.48. The summed E-state index contributed by atoms with van der Waals surface area (Å²) in [5, 5.41) is 0. The fourth-order valence-corrected chi connectivity index (χ4v) is 3.06. The summed E-state index contributed by atoms with van der Waals surface area (Å²) in [7, 11) is 0. The molecule has 0 aliphatic rings. The van der Waals surface area contributed by atoms with Crippen molar-refractivity contribution in [2.24, 2.45) is 0 Å². The zero-order chi connectivity index (χ0) is 18.3. The Bertz CT molecular complexity index is 500. The third-order valence-electron chi connectivity index (χ3n) is 4.48. The molecule has 0 N–H and O–H groups in total. The topological polar surface area (TPSA) is 0 Å². The van der Waals surface area contributed by atoms with E-state index in [1.165, 1.54) is 0 Å². The van der Waals surface area contributed by atoms with E-state index in [1.54, 1.807) is 0 Å². The third kappa shape index (κ3) is 5.42. The molecule has 0 atom stereocenters. The van der Waals surface area contributed by atoms with Crippen molar-refractivity contribution < 1.29 is 22.0 Å². The molecule has 0 spiro atoms. The molecule has 0 aliphatic heterocycles. The zero-order valence-electron chi connectivity index (χ0n) is 14.7. The lowest BCUT2D eigenvalue weighted by molar-refractivity contribution is 0.234. The Labute approximate surface area is 157 Å². The van der Waals surface area contributed by atoms with Crippen molar-refractivity contribution in [1.82, 2.24) is 4.48 Å². The minimum atomic E-state index is -2.09. The molecule has 1 rings (SSSR count). The van der Waals surface area contributed by atoms with E-state index in [9.17, 15) is 22.0 Å². The second-order valence-corrected chi connectivity index (χ2v) is 6.30. The zero-order valence-corrected chi connectivity index (χ0v) is 14.7. The van der Waals surface area contributed by atoms with E-state index in [0.29, 0.717) is 38.9 Å². The molecular weight excluding hydrogens is 352 g/mol. The lowest BCUT2D eigenvalue weighted by Gasteiger charge is -2.39. The second-order valence-electron chi connectivity index (χ2n) is 6.30. The average Bonchev–Trinajstić information content (AvgIpc) is 2.59. The van der Waals surface area contributed by atoms with Gasteiger partial charge in [0, 0.05) is 0 Å². The second kappa shape index (κ2) is 11.2. The number of halogens is 5. The number of unbranched alkanes of at least 4 members (excludes halogenated alkanes) is 3. The predicted octanol–water partition coefficient (Wildman–Crippen LogP) is 4.91. The molecule has 1 nitrogen and oxygen atoms in total. The molecule has 7 heteroatoms. The molecule has 0 saturated heterocycles. The van der Waals surface area contributed by atoms with Crippen molar-refractivity contribution >= 4 is 23.0 Å². The van der Waals surface area contributed by atoms with Crippen LogP contribution in [0.4, 0.5) is 27.6 Å². The van der Waals surface area contributed by atoms with E-state index in [1.807, 2.05) is 20.8 Å². The van der Waals surface area contributed by atoms with Gasteiger partial charge in [-0.2, -0.15) is 8.78 Å². The van der Waals surface area contributed by atoms with Crippen molar-refractivity contribution in [2.75, 3.05) is 19.6 Å². The normalized spacial score (nSPS) is 11.5. The first-order chi connectivity index (χ1) is 11.4. The van der Waals surface area contributed by atoms with Gasteiger partial charge in [0.05, 0.1) is 19.6 Å². The summed E-state index contributed by atoms with van der Waals surface area (Å²) in [6.45, 7) is 6.92. The summed E-state index contributed by atoms with van der Waals surface area (Å²) in [6.07, 6.45) is 4.34. The van der Waals surface area contributed by atoms with E-state index in [4.69, 9.17) is 0 Å². The monoisotopic (exact) mass is 382 g/mol. The van der Waals surface area contributed by atoms with Crippen molar-refractivity contribution in [1.29, 1.82) is 0 Å². The molecule has 0 amide bonds. The lowest BCUT2D eigenvalue weighted by atomic mass is 10.1. The van der Waals surface area contributed by atoms with Gasteiger partial charge in [-0.25, -0.2) is 13.2 Å². The highest BCUT2D eigenvalue weighted by molar-refractivity contribution is 5.75. The number of hydrogen-bond donors (Lipinski definition) is 0. The van der Waals surface area contributed by atoms with Crippen molar-refractivity contribution in [2.45, 2.75) is 59.3 Å². The predicted molar refractivity (Wildman–Crippen MR) is 97.3 cm³/mol. The molecule has 0 bridgehead atoms. The Morgan fingerprint density at radius 3 is 1.12 bits per heavy atom. The Hall–Kier alpha value is -0.638. The van der Waals surface area contributed by atoms with Crippen LogP contribution in [0, 0.1) is 29.1 Å². The first kappa shape index (κ1) is 24.4. The van der Waals surface area contributed by atoms with Crippen LogP contribution in [-0.4, -0.2) is 37.0 Å². The molecule has 0 heterocycles. The van der Waals surface area contributed by atoms with Crippen molar-refractivity contribution in [3.05, 3.63) is 29.1 Å². The molecule has 0 unspecified atom stereocenters. The van der Waals surface area contributed by atoms with Crippen LogP contribution in [-0.2, 0) is 0 Å². The SMILES string of the molecule is CCCC[N+](CCCC)(CCCC)c1c(F)c(F)c(F)c(F)c1F.[AlH3]. The molecule has 0 aliphatic carbocycles. The summed E-state index contributed by atoms with van der Waals surface area (Å²) in [4.78, 5) is 0. The summed E-state index contributed by atoms with van der Waals surface area (Å²) in [6, 6.07) is 0. The van der Waals surface area contributed by atoms with Gasteiger partial charge in [-0.3, -0.25) is 4.48 Å². The molecule has 1 aromatic carbocycles. The lowest BCUT2D eigenvalue weighted by Crippen LogP contribution is -2.53. The van der Waals surface area contributed by atoms with Crippen LogP contribution in [0.3, 0.4) is 0 Å². The molecule has 144 valence electrons. The van der Waals surface area contributed by atoms with E-state index < -0.39 is 34.8 Å². The van der Waals surface area contributed by atoms with Crippen molar-refractivity contribution in [3.8, 4) is 0 Å². The molecule has 1 aromatic rings. The van der Waals surface area contributed by atoms with E-state index in [-0.39, 0.29) is 21.8 Å². The van der Waals surface area contributed by atoms with Crippen LogP contribution in [0.25, 0.3) is 0 Å². The van der Waals surface area contributed by atoms with Gasteiger partial charge in [-0.05, 0) is 19.3 Å². The summed E-state index contributed by atoms with van der Waals surface area (Å²) < 4.78 is 69.6. The van der Waals surface area contributed by atoms with Gasteiger partial charge < -0.3 is 0 Å². The van der Waals surface area contributed by atoms with E-state index in [2.05, 4.69) is 0 Å². The minimum absolute atomic E-state index is 0. The Balaban J connectivity index is 0.00000576. The Morgan fingerprint density at radius 2 is 0.840 bits per heavy atom. The highest BCUT2D eigenvalue weighted by Gasteiger charge is 2.40. The molecule has 0 fully saturated rings. The van der Waals surface area contributed by atoms with Gasteiger partial charge in [-0.15, -0.1) is 0 Å². The maximum absolute atomic E-state index is 14.4. The highest BCUT2D eigenvalue weighted by Crippen LogP contribution is 2.36. The average molecular weight is 382 g/mol. The molecule has 25 heavy (non-hydrogen) atoms. The molecule has 0 saturated carbocycles. The van der Waals surface area contributed by atoms with Crippen LogP contribution in [0.5, 0.6) is 0 Å². The first-order valence-electron chi connectivity index (χ1n) is 8.74. The van der Waals surface area contributed by atoms with Gasteiger partial charge in [0.2, 0.25) is 34.8 Å². The van der Waals surface area contributed by atoms with Gasteiger partial charge in [0.1, 0.15) is 0 Å². The fourth-order valence-electron chi connectivity index (χ4n) is 3.06. The number of nitrogens with zero attached hydrogens (tertiary/aromatic N) is 1. The van der Waals surface area contributed by atoms with Crippen LogP contribution in [0.2, 0.25) is 0 Å². The van der Waals surface area contributed by atoms with Gasteiger partial charge in [0.15, 0.2) is 17.4 Å². The van der Waals surface area contributed by atoms with Gasteiger partial charge in [0.25, 0.3) is 0 Å². The van der Waals surface area contributed by atoms with E-state index in [0.717, 1.165) is 19.3 Å².